The number of hydrogen-bond donors (Lipinski definition) is 2. The normalized spacial score (nSPS) is 15.4. The topological polar surface area (TPSA) is 135 Å². The molecule has 1 fully saturated rings. The highest BCUT2D eigenvalue weighted by Crippen LogP contribution is 2.39. The third-order valence-corrected chi connectivity index (χ3v) is 7.24. The zero-order valence-electron chi connectivity index (χ0n) is 23.6. The first-order chi connectivity index (χ1) is 19.7. The lowest BCUT2D eigenvalue weighted by atomic mass is 10.1. The second kappa shape index (κ2) is 10.5. The van der Waals surface area contributed by atoms with Crippen molar-refractivity contribution in [3.63, 3.8) is 0 Å². The molecule has 0 bridgehead atoms. The summed E-state index contributed by atoms with van der Waals surface area (Å²) >= 11 is 0. The number of fused-ring (bicyclic) bond motifs is 3. The summed E-state index contributed by atoms with van der Waals surface area (Å²) < 4.78 is 11.1. The van der Waals surface area contributed by atoms with Crippen LogP contribution in [0.15, 0.2) is 42.9 Å². The van der Waals surface area contributed by atoms with Gasteiger partial charge >= 0.3 is 6.09 Å². The summed E-state index contributed by atoms with van der Waals surface area (Å²) in [6.45, 7) is 8.20. The summed E-state index contributed by atoms with van der Waals surface area (Å²) in [5.74, 6) is 1.25. The summed E-state index contributed by atoms with van der Waals surface area (Å²) in [5, 5.41) is 2.76. The van der Waals surface area contributed by atoms with E-state index in [1.54, 1.807) is 50.2 Å². The number of carbonyl (C=O) groups excluding carboxylic acids is 2. The summed E-state index contributed by atoms with van der Waals surface area (Å²) in [6, 6.07) is 7.10. The number of rotatable bonds is 7. The Morgan fingerprint density at radius 2 is 1.90 bits per heavy atom. The van der Waals surface area contributed by atoms with Gasteiger partial charge in [0.2, 0.25) is 0 Å². The number of nitrogens with one attached hydrogen (secondary N) is 2. The Kier molecular flexibility index (Phi) is 6.90. The number of H-pyrrole nitrogens is 1. The molecule has 1 aliphatic carbocycles. The molecule has 2 aliphatic rings. The maximum absolute atomic E-state index is 14.1. The molecule has 2 N–H and O–H groups in total. The smallest absolute Gasteiger partial charge is 0.413 e. The highest BCUT2D eigenvalue weighted by Gasteiger charge is 2.30. The van der Waals surface area contributed by atoms with Gasteiger partial charge in [-0.2, -0.15) is 0 Å². The summed E-state index contributed by atoms with van der Waals surface area (Å²) in [5.41, 5.74) is 4.56. The molecule has 0 aromatic carbocycles. The average molecular weight is 556 g/mol. The quantitative estimate of drug-likeness (QED) is 0.309. The maximum atomic E-state index is 14.1. The van der Waals surface area contributed by atoms with Gasteiger partial charge in [-0.1, -0.05) is 6.07 Å². The van der Waals surface area contributed by atoms with E-state index in [1.807, 2.05) is 19.2 Å². The van der Waals surface area contributed by atoms with Gasteiger partial charge in [0.05, 0.1) is 42.5 Å². The largest absolute Gasteiger partial charge is 0.444 e. The first-order valence-electron chi connectivity index (χ1n) is 13.8. The van der Waals surface area contributed by atoms with Crippen molar-refractivity contribution >= 4 is 28.9 Å². The summed E-state index contributed by atoms with van der Waals surface area (Å²) in [4.78, 5) is 49.7. The van der Waals surface area contributed by atoms with E-state index < -0.39 is 17.7 Å². The molecule has 41 heavy (non-hydrogen) atoms. The van der Waals surface area contributed by atoms with Gasteiger partial charge in [-0.15, -0.1) is 0 Å². The molecule has 1 saturated carbocycles. The molecule has 0 spiro atoms. The first kappa shape index (κ1) is 26.8. The highest BCUT2D eigenvalue weighted by atomic mass is 16.6. The minimum absolute atomic E-state index is 0.245. The molecule has 4 aromatic heterocycles. The predicted octanol–water partition coefficient (Wildman–Crippen LogP) is 5.41. The predicted molar refractivity (Wildman–Crippen MR) is 151 cm³/mol. The van der Waals surface area contributed by atoms with Crippen LogP contribution in [0.5, 0.6) is 0 Å². The zero-order chi connectivity index (χ0) is 28.7. The van der Waals surface area contributed by atoms with Crippen molar-refractivity contribution in [2.24, 2.45) is 0 Å². The summed E-state index contributed by atoms with van der Waals surface area (Å²) in [6.07, 6.45) is 7.04. The SMILES string of the molecule is C[C@H](c1ncccn1)N(Cc1ccc(C2CC2)cn1)C(=O)c1cc2nc(NC(=O)OC(C)(C)C)c3c(c2[nH]1)COC3. The third kappa shape index (κ3) is 5.76. The molecule has 11 heteroatoms. The number of ether oxygens (including phenoxy) is 2. The molecule has 0 unspecified atom stereocenters. The Morgan fingerprint density at radius 3 is 2.59 bits per heavy atom. The number of anilines is 1. The number of pyridine rings is 2. The number of hydrogen-bond acceptors (Lipinski definition) is 8. The Morgan fingerprint density at radius 1 is 1.15 bits per heavy atom. The second-order valence-corrected chi connectivity index (χ2v) is 11.6. The van der Waals surface area contributed by atoms with Gasteiger partial charge in [-0.25, -0.2) is 19.7 Å². The number of aromatic amines is 1. The van der Waals surface area contributed by atoms with Crippen molar-refractivity contribution in [3.8, 4) is 0 Å². The second-order valence-electron chi connectivity index (χ2n) is 11.6. The first-order valence-corrected chi connectivity index (χ1v) is 13.8. The lowest BCUT2D eigenvalue weighted by molar-refractivity contribution is 0.0632. The van der Waals surface area contributed by atoms with Crippen molar-refractivity contribution in [2.45, 2.75) is 77.9 Å². The molecular weight excluding hydrogens is 522 g/mol. The van der Waals surface area contributed by atoms with Crippen LogP contribution in [0.1, 0.15) is 91.2 Å². The standard InChI is InChI=1S/C30H33N7O4/c1-17(26-31-10-5-11-32-26)37(14-20-9-8-19(13-33-20)18-6-7-18)28(38)24-12-23-25(34-24)21-15-40-16-22(21)27(35-23)36-29(39)41-30(2,3)4/h5,8-13,17-18,34H,6-7,14-16H2,1-4H3,(H,35,36,39)/t17-/m1/s1. The van der Waals surface area contributed by atoms with Crippen molar-refractivity contribution in [1.82, 2.24) is 29.8 Å². The van der Waals surface area contributed by atoms with E-state index >= 15 is 0 Å². The van der Waals surface area contributed by atoms with E-state index in [0.29, 0.717) is 47.5 Å². The van der Waals surface area contributed by atoms with Crippen LogP contribution in [0.4, 0.5) is 10.6 Å². The number of nitrogens with zero attached hydrogens (tertiary/aromatic N) is 5. The molecule has 6 rings (SSSR count). The minimum atomic E-state index is -0.656. The van der Waals surface area contributed by atoms with Crippen LogP contribution in [-0.4, -0.2) is 47.4 Å². The monoisotopic (exact) mass is 555 g/mol. The van der Waals surface area contributed by atoms with Gasteiger partial charge in [0.25, 0.3) is 5.91 Å². The summed E-state index contributed by atoms with van der Waals surface area (Å²) in [7, 11) is 0. The van der Waals surface area contributed by atoms with Crippen LogP contribution in [0.3, 0.4) is 0 Å². The van der Waals surface area contributed by atoms with E-state index in [9.17, 15) is 9.59 Å². The van der Waals surface area contributed by atoms with Crippen LogP contribution < -0.4 is 5.32 Å². The molecule has 4 aromatic rings. The molecule has 212 valence electrons. The molecule has 0 radical (unpaired) electrons. The molecule has 1 atom stereocenters. The van der Waals surface area contributed by atoms with Gasteiger partial charge in [0.1, 0.15) is 22.9 Å². The number of amides is 2. The average Bonchev–Trinajstić information content (AvgIpc) is 3.51. The molecule has 11 nitrogen and oxygen atoms in total. The molecule has 0 saturated heterocycles. The fourth-order valence-corrected chi connectivity index (χ4v) is 5.00. The van der Waals surface area contributed by atoms with E-state index in [4.69, 9.17) is 9.47 Å². The molecule has 2 amide bonds. The van der Waals surface area contributed by atoms with Crippen LogP contribution in [-0.2, 0) is 29.2 Å². The fourth-order valence-electron chi connectivity index (χ4n) is 5.00. The Balaban J connectivity index is 1.33. The van der Waals surface area contributed by atoms with E-state index in [0.717, 1.165) is 16.8 Å². The lowest BCUT2D eigenvalue weighted by Crippen LogP contribution is -2.34. The van der Waals surface area contributed by atoms with Crippen LogP contribution in [0.2, 0.25) is 0 Å². The third-order valence-electron chi connectivity index (χ3n) is 7.24. The molecule has 1 aliphatic heterocycles. The minimum Gasteiger partial charge on any atom is -0.444 e. The number of carbonyl (C=O) groups is 2. The van der Waals surface area contributed by atoms with E-state index in [1.165, 1.54) is 18.4 Å². The van der Waals surface area contributed by atoms with Crippen molar-refractivity contribution in [3.05, 3.63) is 76.8 Å². The van der Waals surface area contributed by atoms with Gasteiger partial charge < -0.3 is 19.4 Å². The highest BCUT2D eigenvalue weighted by molar-refractivity contribution is 5.99. The van der Waals surface area contributed by atoms with Gasteiger partial charge in [0, 0.05) is 29.7 Å². The Labute approximate surface area is 237 Å². The maximum Gasteiger partial charge on any atom is 0.413 e. The van der Waals surface area contributed by atoms with E-state index in [-0.39, 0.29) is 12.5 Å². The lowest BCUT2D eigenvalue weighted by Gasteiger charge is -2.27. The van der Waals surface area contributed by atoms with Gasteiger partial charge in [-0.3, -0.25) is 15.1 Å². The van der Waals surface area contributed by atoms with Gasteiger partial charge in [-0.05, 0) is 70.2 Å². The van der Waals surface area contributed by atoms with E-state index in [2.05, 4.69) is 36.3 Å². The molecular formula is C30H33N7O4. The Hall–Kier alpha value is -4.38. The number of aromatic nitrogens is 5. The molecule has 5 heterocycles. The van der Waals surface area contributed by atoms with Crippen LogP contribution in [0.25, 0.3) is 11.0 Å². The fraction of sp³-hybridized carbons (Fsp3) is 0.400. The zero-order valence-corrected chi connectivity index (χ0v) is 23.6. The van der Waals surface area contributed by atoms with Crippen LogP contribution >= 0.6 is 0 Å². The van der Waals surface area contributed by atoms with Gasteiger partial charge in [0.15, 0.2) is 0 Å². The van der Waals surface area contributed by atoms with Crippen LogP contribution in [0, 0.1) is 0 Å². The van der Waals surface area contributed by atoms with Crippen molar-refractivity contribution < 1.29 is 19.1 Å². The Bertz CT molecular complexity index is 1590. The van der Waals surface area contributed by atoms with Crippen molar-refractivity contribution in [1.29, 1.82) is 0 Å². The van der Waals surface area contributed by atoms with Crippen molar-refractivity contribution in [2.75, 3.05) is 5.32 Å².